The van der Waals surface area contributed by atoms with Gasteiger partial charge in [-0.25, -0.2) is 0 Å². The summed E-state index contributed by atoms with van der Waals surface area (Å²) in [6, 6.07) is 13.7. The molecule has 0 bridgehead atoms. The van der Waals surface area contributed by atoms with E-state index in [2.05, 4.69) is 10.6 Å². The first kappa shape index (κ1) is 28.9. The zero-order valence-electron chi connectivity index (χ0n) is 23.2. The number of ether oxygens (including phenoxy) is 1. The van der Waals surface area contributed by atoms with Gasteiger partial charge in [-0.05, 0) is 81.3 Å². The van der Waals surface area contributed by atoms with Crippen LogP contribution >= 0.6 is 11.3 Å². The van der Waals surface area contributed by atoms with E-state index in [0.717, 1.165) is 16.7 Å². The zero-order chi connectivity index (χ0) is 28.0. The molecule has 1 unspecified atom stereocenters. The fourth-order valence-corrected chi connectivity index (χ4v) is 5.05. The first-order valence-corrected chi connectivity index (χ1v) is 13.5. The van der Waals surface area contributed by atoms with Crippen LogP contribution in [0.3, 0.4) is 0 Å². The second-order valence-electron chi connectivity index (χ2n) is 10.1. The molecule has 0 aliphatic heterocycles. The number of benzene rings is 2. The van der Waals surface area contributed by atoms with Crippen molar-refractivity contribution < 1.29 is 19.1 Å². The Balaban J connectivity index is 2.15. The summed E-state index contributed by atoms with van der Waals surface area (Å²) in [6.45, 7) is 11.5. The lowest BCUT2D eigenvalue weighted by atomic mass is 9.96. The van der Waals surface area contributed by atoms with E-state index in [4.69, 9.17) is 4.74 Å². The maximum absolute atomic E-state index is 14.0. The van der Waals surface area contributed by atoms with Crippen LogP contribution in [0.4, 0.5) is 5.69 Å². The summed E-state index contributed by atoms with van der Waals surface area (Å²) in [7, 11) is 1.56. The molecule has 3 amide bonds. The van der Waals surface area contributed by atoms with Crippen molar-refractivity contribution in [1.29, 1.82) is 0 Å². The Morgan fingerprint density at radius 3 is 2.29 bits per heavy atom. The largest absolute Gasteiger partial charge is 0.497 e. The summed E-state index contributed by atoms with van der Waals surface area (Å²) in [5.41, 5.74) is 3.52. The smallest absolute Gasteiger partial charge is 0.261 e. The number of hydrogen-bond acceptors (Lipinski definition) is 5. The molecular formula is C30H37N3O4S. The van der Waals surface area contributed by atoms with Crippen molar-refractivity contribution in [2.45, 2.75) is 59.5 Å². The van der Waals surface area contributed by atoms with E-state index in [1.54, 1.807) is 42.8 Å². The molecule has 1 heterocycles. The van der Waals surface area contributed by atoms with Crippen LogP contribution in [0.25, 0.3) is 0 Å². The highest BCUT2D eigenvalue weighted by molar-refractivity contribution is 7.12. The van der Waals surface area contributed by atoms with Crippen LogP contribution in [0.5, 0.6) is 5.75 Å². The van der Waals surface area contributed by atoms with Gasteiger partial charge in [-0.3, -0.25) is 19.3 Å². The predicted octanol–water partition coefficient (Wildman–Crippen LogP) is 5.49. The van der Waals surface area contributed by atoms with Gasteiger partial charge in [0.05, 0.1) is 24.2 Å². The minimum absolute atomic E-state index is 0.269. The molecule has 1 atom stereocenters. The van der Waals surface area contributed by atoms with Crippen LogP contribution in [0, 0.1) is 20.8 Å². The third kappa shape index (κ3) is 6.81. The van der Waals surface area contributed by atoms with Gasteiger partial charge < -0.3 is 15.4 Å². The van der Waals surface area contributed by atoms with Crippen molar-refractivity contribution in [1.82, 2.24) is 10.6 Å². The molecule has 0 radical (unpaired) electrons. The maximum atomic E-state index is 14.0. The van der Waals surface area contributed by atoms with Crippen molar-refractivity contribution in [2.24, 2.45) is 0 Å². The van der Waals surface area contributed by atoms with E-state index in [0.29, 0.717) is 28.3 Å². The van der Waals surface area contributed by atoms with Gasteiger partial charge in [0.2, 0.25) is 11.8 Å². The zero-order valence-corrected chi connectivity index (χ0v) is 24.0. The molecule has 2 aromatic carbocycles. The average Bonchev–Trinajstić information content (AvgIpc) is 3.41. The van der Waals surface area contributed by atoms with E-state index in [9.17, 15) is 14.4 Å². The number of thiophene rings is 1. The molecule has 0 spiro atoms. The molecule has 0 aliphatic carbocycles. The highest BCUT2D eigenvalue weighted by Crippen LogP contribution is 2.35. The van der Waals surface area contributed by atoms with E-state index >= 15 is 0 Å². The van der Waals surface area contributed by atoms with E-state index in [1.807, 2.05) is 59.7 Å². The third-order valence-electron chi connectivity index (χ3n) is 6.55. The number of carbonyl (C=O) groups excluding carboxylic acids is 3. The Bertz CT molecular complexity index is 1280. The van der Waals surface area contributed by atoms with Gasteiger partial charge in [-0.1, -0.05) is 42.8 Å². The Morgan fingerprint density at radius 1 is 1.03 bits per heavy atom. The van der Waals surface area contributed by atoms with Gasteiger partial charge in [-0.2, -0.15) is 0 Å². The lowest BCUT2D eigenvalue weighted by Crippen LogP contribution is -2.52. The molecular weight excluding hydrogens is 498 g/mol. The molecule has 0 aliphatic rings. The Morgan fingerprint density at radius 2 is 1.71 bits per heavy atom. The predicted molar refractivity (Wildman–Crippen MR) is 153 cm³/mol. The third-order valence-corrected chi connectivity index (χ3v) is 7.42. The normalized spacial score (nSPS) is 12.0. The molecule has 8 heteroatoms. The summed E-state index contributed by atoms with van der Waals surface area (Å²) >= 11 is 1.30. The molecule has 7 nitrogen and oxygen atoms in total. The topological polar surface area (TPSA) is 87.7 Å². The second-order valence-corrected chi connectivity index (χ2v) is 11.0. The van der Waals surface area contributed by atoms with Crippen molar-refractivity contribution in [3.8, 4) is 5.75 Å². The summed E-state index contributed by atoms with van der Waals surface area (Å²) in [6.07, 6.45) is 0.705. The molecule has 202 valence electrons. The summed E-state index contributed by atoms with van der Waals surface area (Å²) < 4.78 is 5.45. The van der Waals surface area contributed by atoms with Crippen LogP contribution in [-0.4, -0.2) is 36.9 Å². The number of nitrogens with one attached hydrogen (secondary N) is 2. The number of anilines is 1. The number of aryl methyl sites for hydroxylation is 3. The van der Waals surface area contributed by atoms with Gasteiger partial charge in [0.25, 0.3) is 5.91 Å². The Kier molecular flexibility index (Phi) is 9.33. The lowest BCUT2D eigenvalue weighted by molar-refractivity contribution is -0.127. The van der Waals surface area contributed by atoms with Crippen LogP contribution in [0.1, 0.15) is 65.2 Å². The number of carbonyl (C=O) groups is 3. The summed E-state index contributed by atoms with van der Waals surface area (Å²) in [5.74, 6) is -0.476. The Hall–Kier alpha value is -3.65. The van der Waals surface area contributed by atoms with E-state index < -0.39 is 17.5 Å². The van der Waals surface area contributed by atoms with E-state index in [1.165, 1.54) is 16.2 Å². The quantitative estimate of drug-likeness (QED) is 0.359. The standard InChI is InChI=1S/C30H37N3O4S/c1-8-30(5,6)32-29(36)27(22-11-9-12-23(17-22)37-7)33(26-20(3)15-19(2)16-21(26)4)25(34)18-31-28(35)24-13-10-14-38-24/h9-17,27H,8,18H2,1-7H3,(H,31,35)(H,32,36). The first-order chi connectivity index (χ1) is 18.0. The molecule has 0 fully saturated rings. The van der Waals surface area contributed by atoms with Crippen molar-refractivity contribution >= 4 is 34.7 Å². The molecule has 3 rings (SSSR count). The van der Waals surface area contributed by atoms with Crippen LogP contribution < -0.4 is 20.3 Å². The number of amides is 3. The minimum atomic E-state index is -0.998. The minimum Gasteiger partial charge on any atom is -0.497 e. The van der Waals surface area contributed by atoms with Gasteiger partial charge in [0.1, 0.15) is 11.8 Å². The highest BCUT2D eigenvalue weighted by Gasteiger charge is 2.36. The lowest BCUT2D eigenvalue weighted by Gasteiger charge is -2.36. The van der Waals surface area contributed by atoms with Gasteiger partial charge in [0.15, 0.2) is 0 Å². The SMILES string of the molecule is CCC(C)(C)NC(=O)C(c1cccc(OC)c1)N(C(=O)CNC(=O)c1cccs1)c1c(C)cc(C)cc1C. The number of rotatable bonds is 10. The number of methoxy groups -OCH3 is 1. The fourth-order valence-electron chi connectivity index (χ4n) is 4.41. The maximum Gasteiger partial charge on any atom is 0.261 e. The van der Waals surface area contributed by atoms with Crippen LogP contribution in [-0.2, 0) is 9.59 Å². The van der Waals surface area contributed by atoms with Crippen molar-refractivity contribution in [3.63, 3.8) is 0 Å². The van der Waals surface area contributed by atoms with E-state index in [-0.39, 0.29) is 18.4 Å². The van der Waals surface area contributed by atoms with Crippen molar-refractivity contribution in [2.75, 3.05) is 18.6 Å². The van der Waals surface area contributed by atoms with Crippen LogP contribution in [0.2, 0.25) is 0 Å². The van der Waals surface area contributed by atoms with Gasteiger partial charge >= 0.3 is 0 Å². The average molecular weight is 536 g/mol. The molecule has 3 aromatic rings. The number of nitrogens with zero attached hydrogens (tertiary/aromatic N) is 1. The molecule has 2 N–H and O–H groups in total. The molecule has 0 saturated carbocycles. The second kappa shape index (κ2) is 12.3. The Labute approximate surface area is 229 Å². The molecule has 38 heavy (non-hydrogen) atoms. The highest BCUT2D eigenvalue weighted by atomic mass is 32.1. The van der Waals surface area contributed by atoms with Crippen LogP contribution in [0.15, 0.2) is 53.9 Å². The molecule has 1 aromatic heterocycles. The monoisotopic (exact) mass is 535 g/mol. The van der Waals surface area contributed by atoms with Gasteiger partial charge in [-0.15, -0.1) is 11.3 Å². The molecule has 0 saturated heterocycles. The van der Waals surface area contributed by atoms with Gasteiger partial charge in [0, 0.05) is 5.54 Å². The summed E-state index contributed by atoms with van der Waals surface area (Å²) in [5, 5.41) is 7.67. The fraction of sp³-hybridized carbons (Fsp3) is 0.367. The first-order valence-electron chi connectivity index (χ1n) is 12.6. The number of hydrogen-bond donors (Lipinski definition) is 2. The van der Waals surface area contributed by atoms with Crippen molar-refractivity contribution in [3.05, 3.63) is 81.0 Å². The summed E-state index contributed by atoms with van der Waals surface area (Å²) in [4.78, 5) is 42.7.